The highest BCUT2D eigenvalue weighted by Crippen LogP contribution is 2.36. The number of hydrogen-bond acceptors (Lipinski definition) is 7. The molecule has 0 saturated carbocycles. The second-order valence-corrected chi connectivity index (χ2v) is 9.11. The van der Waals surface area contributed by atoms with Crippen LogP contribution in [0.15, 0.2) is 55.5 Å². The number of rotatable bonds is 4. The number of carbonyl (C=O) groups is 1. The number of anilines is 3. The summed E-state index contributed by atoms with van der Waals surface area (Å²) in [6, 6.07) is 5.48. The average molecular weight is 498 g/mol. The number of pyridine rings is 2. The maximum Gasteiger partial charge on any atom is 0.244 e. The topological polar surface area (TPSA) is 120 Å². The molecule has 1 aliphatic rings. The number of nitrogens with one attached hydrogen (secondary N) is 1. The highest BCUT2D eigenvalue weighted by molar-refractivity contribution is 5.98. The molecule has 1 aromatic carbocycles. The van der Waals surface area contributed by atoms with Crippen molar-refractivity contribution in [3.63, 3.8) is 0 Å². The number of halogens is 1. The number of hydrogen-bond donors (Lipinski definition) is 2. The molecule has 1 aliphatic heterocycles. The SMILES string of the molecule is Cc1c(-c2cc3cc(Nc4cc5n(n4)CC(=O)N(C)CC5)ncc3c(N)c2F)cncc1-n1ccnc1. The number of carbonyl (C=O) groups excluding carboxylic acids is 1. The minimum absolute atomic E-state index is 0.0177. The molecule has 6 rings (SSSR count). The summed E-state index contributed by atoms with van der Waals surface area (Å²) in [5.74, 6) is 0.616. The van der Waals surface area contributed by atoms with Gasteiger partial charge in [-0.2, -0.15) is 5.10 Å². The molecular formula is C26H24FN9O. The number of nitrogens with zero attached hydrogens (tertiary/aromatic N) is 7. The maximum atomic E-state index is 15.5. The molecule has 0 atom stereocenters. The Bertz CT molecular complexity index is 1660. The zero-order valence-electron chi connectivity index (χ0n) is 20.3. The smallest absolute Gasteiger partial charge is 0.244 e. The molecule has 0 bridgehead atoms. The molecule has 186 valence electrons. The molecule has 0 unspecified atom stereocenters. The number of likely N-dealkylation sites (N-methyl/N-ethyl adjacent to an activating group) is 1. The number of imidazole rings is 1. The van der Waals surface area contributed by atoms with Gasteiger partial charge in [-0.1, -0.05) is 0 Å². The average Bonchev–Trinajstić information content (AvgIpc) is 3.53. The van der Waals surface area contributed by atoms with Crippen molar-refractivity contribution in [2.45, 2.75) is 19.9 Å². The number of nitrogen functional groups attached to an aromatic ring is 1. The van der Waals surface area contributed by atoms with Crippen LogP contribution in [0.2, 0.25) is 0 Å². The van der Waals surface area contributed by atoms with E-state index in [1.807, 2.05) is 23.8 Å². The second kappa shape index (κ2) is 8.70. The summed E-state index contributed by atoms with van der Waals surface area (Å²) in [5, 5.41) is 8.97. The molecule has 0 radical (unpaired) electrons. The zero-order valence-corrected chi connectivity index (χ0v) is 20.3. The number of fused-ring (bicyclic) bond motifs is 2. The molecule has 10 nitrogen and oxygen atoms in total. The number of aromatic nitrogens is 6. The Morgan fingerprint density at radius 3 is 2.76 bits per heavy atom. The summed E-state index contributed by atoms with van der Waals surface area (Å²) in [4.78, 5) is 26.7. The maximum absolute atomic E-state index is 15.5. The van der Waals surface area contributed by atoms with E-state index >= 15 is 4.39 Å². The van der Waals surface area contributed by atoms with Crippen molar-refractivity contribution in [2.75, 3.05) is 24.6 Å². The van der Waals surface area contributed by atoms with Gasteiger partial charge in [-0.25, -0.2) is 14.4 Å². The highest BCUT2D eigenvalue weighted by Gasteiger charge is 2.20. The molecule has 0 fully saturated rings. The van der Waals surface area contributed by atoms with Crippen molar-refractivity contribution in [2.24, 2.45) is 0 Å². The number of nitrogens with two attached hydrogens (primary N) is 1. The Morgan fingerprint density at radius 2 is 1.95 bits per heavy atom. The van der Waals surface area contributed by atoms with E-state index in [0.29, 0.717) is 41.1 Å². The Labute approximate surface area is 211 Å². The standard InChI is InChI=1S/C26H24FN9O/c1-15-19(10-30-12-21(15)35-6-4-29-14-35)18-7-16-8-22(31-11-20(16)26(28)25(18)27)32-23-9-17-3-5-34(2)24(37)13-36(17)33-23/h4,6-12,14H,3,5,13,28H2,1-2H3,(H,31,32,33). The first-order valence-electron chi connectivity index (χ1n) is 11.8. The van der Waals surface area contributed by atoms with E-state index in [0.717, 1.165) is 22.3 Å². The van der Waals surface area contributed by atoms with E-state index in [-0.39, 0.29) is 18.1 Å². The summed E-state index contributed by atoms with van der Waals surface area (Å²) in [5.41, 5.74) is 9.85. The van der Waals surface area contributed by atoms with Crippen molar-refractivity contribution in [3.8, 4) is 16.8 Å². The largest absolute Gasteiger partial charge is 0.396 e. The first-order chi connectivity index (χ1) is 17.9. The van der Waals surface area contributed by atoms with Gasteiger partial charge in [-0.3, -0.25) is 14.5 Å². The highest BCUT2D eigenvalue weighted by atomic mass is 19.1. The van der Waals surface area contributed by atoms with Gasteiger partial charge in [0.05, 0.1) is 23.9 Å². The first kappa shape index (κ1) is 22.7. The van der Waals surface area contributed by atoms with Gasteiger partial charge in [-0.05, 0) is 30.0 Å². The van der Waals surface area contributed by atoms with Crippen LogP contribution < -0.4 is 11.1 Å². The third-order valence-corrected chi connectivity index (χ3v) is 6.79. The normalized spacial score (nSPS) is 13.6. The molecule has 11 heteroatoms. The summed E-state index contributed by atoms with van der Waals surface area (Å²) in [7, 11) is 1.79. The molecule has 0 spiro atoms. The van der Waals surface area contributed by atoms with E-state index in [9.17, 15) is 4.79 Å². The van der Waals surface area contributed by atoms with Crippen LogP contribution in [0.1, 0.15) is 11.3 Å². The molecule has 0 saturated heterocycles. The van der Waals surface area contributed by atoms with E-state index in [4.69, 9.17) is 5.73 Å². The van der Waals surface area contributed by atoms with Crippen LogP contribution in [-0.2, 0) is 17.8 Å². The van der Waals surface area contributed by atoms with Gasteiger partial charge < -0.3 is 20.5 Å². The Hall–Kier alpha value is -4.80. The van der Waals surface area contributed by atoms with Crippen LogP contribution in [0.5, 0.6) is 0 Å². The van der Waals surface area contributed by atoms with Gasteiger partial charge in [-0.15, -0.1) is 0 Å². The van der Waals surface area contributed by atoms with E-state index in [1.54, 1.807) is 59.9 Å². The molecule has 5 aromatic rings. The van der Waals surface area contributed by atoms with Gasteiger partial charge in [0.25, 0.3) is 0 Å². The summed E-state index contributed by atoms with van der Waals surface area (Å²) in [6.45, 7) is 2.75. The Morgan fingerprint density at radius 1 is 1.08 bits per heavy atom. The zero-order chi connectivity index (χ0) is 25.7. The van der Waals surface area contributed by atoms with Gasteiger partial charge in [0.1, 0.15) is 12.4 Å². The number of benzene rings is 1. The fraction of sp³-hybridized carbons (Fsp3) is 0.192. The fourth-order valence-corrected chi connectivity index (χ4v) is 4.65. The lowest BCUT2D eigenvalue weighted by Crippen LogP contribution is -2.29. The lowest BCUT2D eigenvalue weighted by Gasteiger charge is -2.15. The van der Waals surface area contributed by atoms with Crippen LogP contribution in [0, 0.1) is 12.7 Å². The molecule has 3 N–H and O–H groups in total. The third-order valence-electron chi connectivity index (χ3n) is 6.79. The van der Waals surface area contributed by atoms with Crippen LogP contribution in [-0.4, -0.2) is 53.7 Å². The van der Waals surface area contributed by atoms with Crippen molar-refractivity contribution >= 4 is 34.0 Å². The van der Waals surface area contributed by atoms with Crippen molar-refractivity contribution < 1.29 is 9.18 Å². The molecule has 4 aromatic heterocycles. The quantitative estimate of drug-likeness (QED) is 0.365. The minimum Gasteiger partial charge on any atom is -0.396 e. The van der Waals surface area contributed by atoms with Gasteiger partial charge in [0.2, 0.25) is 5.91 Å². The van der Waals surface area contributed by atoms with Crippen molar-refractivity contribution in [1.29, 1.82) is 0 Å². The Balaban J connectivity index is 1.38. The van der Waals surface area contributed by atoms with Crippen LogP contribution >= 0.6 is 0 Å². The molecule has 37 heavy (non-hydrogen) atoms. The third kappa shape index (κ3) is 3.94. The van der Waals surface area contributed by atoms with Gasteiger partial charge in [0.15, 0.2) is 11.6 Å². The monoisotopic (exact) mass is 497 g/mol. The van der Waals surface area contributed by atoms with E-state index in [2.05, 4.69) is 25.4 Å². The van der Waals surface area contributed by atoms with Crippen LogP contribution in [0.25, 0.3) is 27.6 Å². The lowest BCUT2D eigenvalue weighted by atomic mass is 9.97. The van der Waals surface area contributed by atoms with Gasteiger partial charge >= 0.3 is 0 Å². The van der Waals surface area contributed by atoms with Crippen LogP contribution in [0.4, 0.5) is 21.7 Å². The minimum atomic E-state index is -0.518. The molecule has 5 heterocycles. The first-order valence-corrected chi connectivity index (χ1v) is 11.8. The molecular weight excluding hydrogens is 473 g/mol. The summed E-state index contributed by atoms with van der Waals surface area (Å²) in [6.07, 6.45) is 10.8. The summed E-state index contributed by atoms with van der Waals surface area (Å²) < 4.78 is 19.0. The number of amides is 1. The van der Waals surface area contributed by atoms with E-state index in [1.165, 1.54) is 0 Å². The fourth-order valence-electron chi connectivity index (χ4n) is 4.65. The second-order valence-electron chi connectivity index (χ2n) is 9.11. The lowest BCUT2D eigenvalue weighted by molar-refractivity contribution is -0.130. The molecule has 0 aliphatic carbocycles. The van der Waals surface area contributed by atoms with Gasteiger partial charge in [0, 0.05) is 73.1 Å². The predicted octanol–water partition coefficient (Wildman–Crippen LogP) is 3.47. The Kier molecular flexibility index (Phi) is 5.32. The van der Waals surface area contributed by atoms with Crippen molar-refractivity contribution in [3.05, 3.63) is 72.6 Å². The summed E-state index contributed by atoms with van der Waals surface area (Å²) >= 11 is 0. The van der Waals surface area contributed by atoms with Crippen molar-refractivity contribution in [1.82, 2.24) is 34.2 Å². The predicted molar refractivity (Wildman–Crippen MR) is 138 cm³/mol. The molecule has 1 amide bonds. The van der Waals surface area contributed by atoms with Crippen LogP contribution in [0.3, 0.4) is 0 Å². The van der Waals surface area contributed by atoms with E-state index < -0.39 is 5.82 Å².